The molecule has 1 unspecified atom stereocenters. The summed E-state index contributed by atoms with van der Waals surface area (Å²) in [6.45, 7) is 8.20. The van der Waals surface area contributed by atoms with Crippen molar-refractivity contribution in [3.63, 3.8) is 0 Å². The molecule has 0 radical (unpaired) electrons. The van der Waals surface area contributed by atoms with Crippen molar-refractivity contribution in [3.05, 3.63) is 11.6 Å². The van der Waals surface area contributed by atoms with Gasteiger partial charge in [-0.3, -0.25) is 0 Å². The maximum absolute atomic E-state index is 11.4. The van der Waals surface area contributed by atoms with E-state index in [1.807, 2.05) is 0 Å². The third-order valence-corrected chi connectivity index (χ3v) is 5.19. The molecule has 1 saturated heterocycles. The van der Waals surface area contributed by atoms with E-state index in [0.29, 0.717) is 17.4 Å². The number of hydrogen-bond donors (Lipinski definition) is 0. The molecule has 0 bridgehead atoms. The molecule has 86 valence electrons. The highest BCUT2D eigenvalue weighted by atomic mass is 32.2. The summed E-state index contributed by atoms with van der Waals surface area (Å²) in [5, 5.41) is 0. The van der Waals surface area contributed by atoms with Crippen molar-refractivity contribution >= 4 is 9.84 Å². The predicted octanol–water partition coefficient (Wildman–Crippen LogP) is 0.828. The number of sulfone groups is 1. The van der Waals surface area contributed by atoms with E-state index in [0.717, 1.165) is 30.7 Å². The van der Waals surface area contributed by atoms with Crippen molar-refractivity contribution < 1.29 is 12.9 Å². The van der Waals surface area contributed by atoms with Crippen LogP contribution < -0.4 is 0 Å². The van der Waals surface area contributed by atoms with Crippen molar-refractivity contribution in [3.8, 4) is 0 Å². The average molecular weight is 230 g/mol. The summed E-state index contributed by atoms with van der Waals surface area (Å²) in [7, 11) is -2.73. The predicted molar refractivity (Wildman–Crippen MR) is 61.3 cm³/mol. The lowest BCUT2D eigenvalue weighted by Gasteiger charge is -2.45. The van der Waals surface area contributed by atoms with E-state index in [1.54, 1.807) is 0 Å². The van der Waals surface area contributed by atoms with Gasteiger partial charge in [0.1, 0.15) is 6.54 Å². The molecule has 0 aliphatic carbocycles. The molecule has 1 fully saturated rings. The standard InChI is InChI=1S/C11H20NO2S/c1-10-7-11(2)9-12(8-10)3-5-15(13,14)6-4-12/h7,10H,3-6,8-9H2,1-2H3/q+1. The monoisotopic (exact) mass is 230 g/mol. The minimum Gasteiger partial charge on any atom is -0.318 e. The molecule has 1 atom stereocenters. The Bertz CT molecular complexity index is 369. The third kappa shape index (κ3) is 2.42. The number of hydrogen-bond acceptors (Lipinski definition) is 2. The molecule has 0 saturated carbocycles. The lowest BCUT2D eigenvalue weighted by Crippen LogP contribution is -2.60. The van der Waals surface area contributed by atoms with E-state index in [1.165, 1.54) is 5.57 Å². The van der Waals surface area contributed by atoms with Crippen molar-refractivity contribution in [1.82, 2.24) is 0 Å². The van der Waals surface area contributed by atoms with Crippen molar-refractivity contribution in [2.75, 3.05) is 37.7 Å². The average Bonchev–Trinajstić information content (AvgIpc) is 2.10. The second kappa shape index (κ2) is 3.59. The molecule has 2 heterocycles. The summed E-state index contributed by atoms with van der Waals surface area (Å²) < 4.78 is 23.8. The van der Waals surface area contributed by atoms with Crippen LogP contribution in [-0.4, -0.2) is 50.6 Å². The Kier molecular flexibility index (Phi) is 2.67. The van der Waals surface area contributed by atoms with Crippen molar-refractivity contribution in [2.45, 2.75) is 13.8 Å². The highest BCUT2D eigenvalue weighted by Crippen LogP contribution is 2.25. The molecule has 0 aromatic carbocycles. The topological polar surface area (TPSA) is 34.1 Å². The quantitative estimate of drug-likeness (QED) is 0.456. The van der Waals surface area contributed by atoms with E-state index >= 15 is 0 Å². The second-order valence-electron chi connectivity index (χ2n) is 5.27. The highest BCUT2D eigenvalue weighted by molar-refractivity contribution is 7.91. The zero-order valence-electron chi connectivity index (χ0n) is 9.57. The highest BCUT2D eigenvalue weighted by Gasteiger charge is 2.38. The van der Waals surface area contributed by atoms with Crippen LogP contribution in [-0.2, 0) is 9.84 Å². The van der Waals surface area contributed by atoms with Crippen LogP contribution in [0.15, 0.2) is 11.6 Å². The van der Waals surface area contributed by atoms with E-state index in [9.17, 15) is 8.42 Å². The molecule has 3 nitrogen and oxygen atoms in total. The van der Waals surface area contributed by atoms with E-state index in [2.05, 4.69) is 19.9 Å². The van der Waals surface area contributed by atoms with Crippen LogP contribution in [0.2, 0.25) is 0 Å². The summed E-state index contributed by atoms with van der Waals surface area (Å²) in [6.07, 6.45) is 2.33. The van der Waals surface area contributed by atoms with Gasteiger partial charge in [-0.05, 0) is 12.5 Å². The number of quaternary nitrogens is 1. The summed E-state index contributed by atoms with van der Waals surface area (Å²) in [5.41, 5.74) is 1.42. The van der Waals surface area contributed by atoms with Gasteiger partial charge in [-0.25, -0.2) is 8.42 Å². The molecular formula is C11H20NO2S+. The molecule has 4 heteroatoms. The molecular weight excluding hydrogens is 210 g/mol. The summed E-state index contributed by atoms with van der Waals surface area (Å²) in [6, 6.07) is 0. The van der Waals surface area contributed by atoms with Gasteiger partial charge in [0, 0.05) is 5.92 Å². The molecule has 0 N–H and O–H groups in total. The molecule has 2 aliphatic rings. The van der Waals surface area contributed by atoms with Gasteiger partial charge < -0.3 is 4.48 Å². The summed E-state index contributed by atoms with van der Waals surface area (Å²) in [5.74, 6) is 1.36. The number of nitrogens with zero attached hydrogens (tertiary/aromatic N) is 1. The van der Waals surface area contributed by atoms with Gasteiger partial charge in [0.25, 0.3) is 0 Å². The van der Waals surface area contributed by atoms with Gasteiger partial charge in [0.05, 0.1) is 31.1 Å². The molecule has 1 spiro atoms. The SMILES string of the molecule is CC1=CC(C)C[N+]2(CCS(=O)(=O)CC2)C1. The molecule has 0 amide bonds. The fourth-order valence-corrected chi connectivity index (χ4v) is 4.55. The fraction of sp³-hybridized carbons (Fsp3) is 0.818. The summed E-state index contributed by atoms with van der Waals surface area (Å²) in [4.78, 5) is 0. The maximum atomic E-state index is 11.4. The first-order chi connectivity index (χ1) is 6.91. The smallest absolute Gasteiger partial charge is 0.161 e. The van der Waals surface area contributed by atoms with Gasteiger partial charge in [-0.15, -0.1) is 0 Å². The van der Waals surface area contributed by atoms with Crippen molar-refractivity contribution in [1.29, 1.82) is 0 Å². The van der Waals surface area contributed by atoms with Crippen LogP contribution in [0, 0.1) is 5.92 Å². The fourth-order valence-electron chi connectivity index (χ4n) is 3.02. The Morgan fingerprint density at radius 3 is 2.47 bits per heavy atom. The van der Waals surface area contributed by atoms with Crippen LogP contribution in [0.3, 0.4) is 0 Å². The zero-order chi connectivity index (χ0) is 11.1. The Morgan fingerprint density at radius 1 is 1.33 bits per heavy atom. The van der Waals surface area contributed by atoms with E-state index < -0.39 is 9.84 Å². The van der Waals surface area contributed by atoms with Gasteiger partial charge in [0.15, 0.2) is 9.84 Å². The van der Waals surface area contributed by atoms with Crippen LogP contribution in [0.5, 0.6) is 0 Å². The lowest BCUT2D eigenvalue weighted by molar-refractivity contribution is -0.924. The molecule has 0 aromatic rings. The minimum atomic E-state index is -2.73. The van der Waals surface area contributed by atoms with Gasteiger partial charge in [-0.1, -0.05) is 13.0 Å². The maximum Gasteiger partial charge on any atom is 0.161 e. The van der Waals surface area contributed by atoms with Crippen LogP contribution >= 0.6 is 0 Å². The van der Waals surface area contributed by atoms with Crippen LogP contribution in [0.1, 0.15) is 13.8 Å². The largest absolute Gasteiger partial charge is 0.318 e. The molecule has 2 rings (SSSR count). The second-order valence-corrected chi connectivity index (χ2v) is 7.58. The lowest BCUT2D eigenvalue weighted by atomic mass is 9.99. The van der Waals surface area contributed by atoms with Crippen LogP contribution in [0.25, 0.3) is 0 Å². The third-order valence-electron chi connectivity index (χ3n) is 3.58. The normalized spacial score (nSPS) is 33.7. The molecule has 0 aromatic heterocycles. The molecule has 15 heavy (non-hydrogen) atoms. The first kappa shape index (κ1) is 11.1. The summed E-state index contributed by atoms with van der Waals surface area (Å²) >= 11 is 0. The van der Waals surface area contributed by atoms with Crippen molar-refractivity contribution in [2.24, 2.45) is 5.92 Å². The van der Waals surface area contributed by atoms with E-state index in [-0.39, 0.29) is 0 Å². The Hall–Kier alpha value is -0.350. The zero-order valence-corrected chi connectivity index (χ0v) is 10.4. The Balaban J connectivity index is 2.14. The Morgan fingerprint density at radius 2 is 1.93 bits per heavy atom. The number of rotatable bonds is 0. The van der Waals surface area contributed by atoms with Crippen LogP contribution in [0.4, 0.5) is 0 Å². The van der Waals surface area contributed by atoms with Gasteiger partial charge in [-0.2, -0.15) is 0 Å². The Labute approximate surface area is 92.3 Å². The first-order valence-corrected chi connectivity index (χ1v) is 7.46. The van der Waals surface area contributed by atoms with E-state index in [4.69, 9.17) is 0 Å². The molecule has 2 aliphatic heterocycles. The first-order valence-electron chi connectivity index (χ1n) is 5.64. The van der Waals surface area contributed by atoms with Gasteiger partial charge >= 0.3 is 0 Å². The minimum absolute atomic E-state index is 0.382. The van der Waals surface area contributed by atoms with Gasteiger partial charge in [0.2, 0.25) is 0 Å².